The molecule has 11 N–H and O–H groups in total. The molecule has 1 aromatic heterocycles. The highest BCUT2D eigenvalue weighted by atomic mass is 33.1. The first kappa shape index (κ1) is 56.6. The third kappa shape index (κ3) is 12.5. The summed E-state index contributed by atoms with van der Waals surface area (Å²) < 4.78 is 6.97. The van der Waals surface area contributed by atoms with Crippen LogP contribution in [-0.4, -0.2) is 103 Å². The fraction of sp³-hybridized carbons (Fsp3) is 0.538. The number of phenols is 1. The van der Waals surface area contributed by atoms with Gasteiger partial charge in [0.1, 0.15) is 11.9 Å². The zero-order valence-corrected chi connectivity index (χ0v) is 47.0. The normalized spacial score (nSPS) is 31.7. The van der Waals surface area contributed by atoms with E-state index in [1.807, 2.05) is 18.3 Å². The van der Waals surface area contributed by atoms with Gasteiger partial charge < -0.3 is 56.5 Å². The standard InChI is InChI=1S/C65H83N3O8S2/c1-2-41-28-44-31-57(73)59(76-60-32-45(29-49-16-11-25-67-49)51-20-26-68-63(66)55(51)40-78-77-39-47(38-70)62(60)75)34-53(44)54-33-58(74)61-43(30-52(41)54)19-23-64(24-27-69,37-50(71)17-18-56(61)72)35-46(42-12-5-3-6-13-42)36-65(21-9-10-22-65)48-14-7-4-8-15-48/h3-8,11-16,20,25,30-31,34,41,43,45-47,50,54,56,58,60-62,67-75H,2,9-10,17-18,21-22,24,26-29,32-33,35-40,66H2,1H3. The number of rotatable bonds is 14. The minimum absolute atomic E-state index is 0.00181. The Labute approximate surface area is 470 Å². The second kappa shape index (κ2) is 25.4. The van der Waals surface area contributed by atoms with Crippen LogP contribution in [0.2, 0.25) is 0 Å². The molecule has 78 heavy (non-hydrogen) atoms. The molecule has 2 aliphatic heterocycles. The second-order valence-electron chi connectivity index (χ2n) is 23.7. The van der Waals surface area contributed by atoms with Gasteiger partial charge in [0.15, 0.2) is 11.5 Å². The number of allylic oxidation sites excluding steroid dienone is 3. The van der Waals surface area contributed by atoms with Crippen molar-refractivity contribution in [3.8, 4) is 23.3 Å². The van der Waals surface area contributed by atoms with Gasteiger partial charge in [-0.3, -0.25) is 0 Å². The number of aromatic nitrogens is 1. The quantitative estimate of drug-likeness (QED) is 0.0326. The summed E-state index contributed by atoms with van der Waals surface area (Å²) in [6, 6.07) is 29.4. The molecule has 0 spiro atoms. The van der Waals surface area contributed by atoms with Crippen molar-refractivity contribution in [2.24, 2.45) is 40.7 Å². The van der Waals surface area contributed by atoms with Gasteiger partial charge in [0.2, 0.25) is 0 Å². The monoisotopic (exact) mass is 1100 g/mol. The van der Waals surface area contributed by atoms with Crippen LogP contribution in [0.15, 0.2) is 126 Å². The molecule has 11 nitrogen and oxygen atoms in total. The van der Waals surface area contributed by atoms with Gasteiger partial charge >= 0.3 is 0 Å². The predicted molar refractivity (Wildman–Crippen MR) is 313 cm³/mol. The lowest BCUT2D eigenvalue weighted by molar-refractivity contribution is -0.0215. The number of phenolic OH excluding ortho intramolecular Hbond substituents is 1. The summed E-state index contributed by atoms with van der Waals surface area (Å²) in [4.78, 5) is 3.37. The lowest BCUT2D eigenvalue weighted by Gasteiger charge is -2.40. The lowest BCUT2D eigenvalue weighted by atomic mass is 9.64. The largest absolute Gasteiger partial charge is 0.504 e. The van der Waals surface area contributed by atoms with Crippen molar-refractivity contribution >= 4 is 21.6 Å². The maximum atomic E-state index is 12.7. The van der Waals surface area contributed by atoms with Gasteiger partial charge in [0.05, 0.1) is 24.4 Å². The first-order chi connectivity index (χ1) is 37.9. The first-order valence-corrected chi connectivity index (χ1v) is 31.5. The highest BCUT2D eigenvalue weighted by Crippen LogP contribution is 2.54. The Hall–Kier alpha value is -4.62. The number of dihydropyridines is 1. The smallest absolute Gasteiger partial charge is 0.161 e. The van der Waals surface area contributed by atoms with Gasteiger partial charge in [-0.25, -0.2) is 0 Å². The summed E-state index contributed by atoms with van der Waals surface area (Å²) in [6.07, 6.45) is 12.1. The summed E-state index contributed by atoms with van der Waals surface area (Å²) >= 11 is 0. The van der Waals surface area contributed by atoms with Crippen LogP contribution in [0.4, 0.5) is 0 Å². The van der Waals surface area contributed by atoms with E-state index >= 15 is 0 Å². The molecule has 13 unspecified atom stereocenters. The molecule has 3 aromatic carbocycles. The van der Waals surface area contributed by atoms with Crippen molar-refractivity contribution in [3.63, 3.8) is 0 Å². The Morgan fingerprint density at radius 1 is 0.885 bits per heavy atom. The Bertz CT molecular complexity index is 2790. The third-order valence-corrected chi connectivity index (χ3v) is 21.3. The van der Waals surface area contributed by atoms with E-state index < -0.39 is 53.7 Å². The number of ether oxygens (including phenoxy) is 1. The Morgan fingerprint density at radius 3 is 2.40 bits per heavy atom. The zero-order chi connectivity index (χ0) is 54.4. The molecule has 418 valence electrons. The Morgan fingerprint density at radius 2 is 1.67 bits per heavy atom. The molecular weight excluding hydrogens is 1010 g/mol. The number of hydrogen-bond acceptors (Lipinski definition) is 12. The van der Waals surface area contributed by atoms with Gasteiger partial charge in [0, 0.05) is 77.8 Å². The minimum atomic E-state index is -1.08. The first-order valence-electron chi connectivity index (χ1n) is 29.0. The van der Waals surface area contributed by atoms with Crippen LogP contribution in [0, 0.1) is 46.8 Å². The Kier molecular flexibility index (Phi) is 18.5. The van der Waals surface area contributed by atoms with Crippen molar-refractivity contribution in [3.05, 3.63) is 154 Å². The highest BCUT2D eigenvalue weighted by molar-refractivity contribution is 8.76. The van der Waals surface area contributed by atoms with Crippen LogP contribution in [0.5, 0.6) is 11.5 Å². The van der Waals surface area contributed by atoms with E-state index in [9.17, 15) is 35.7 Å². The Balaban J connectivity index is 1.02. The highest BCUT2D eigenvalue weighted by Gasteiger charge is 2.46. The SMILES string of the molecule is CCC1Cc2cc(O)c(OC3CC(Cc4ccc[nH]4)C4=CCNC(N)=C4CSSCC(CO)C3O)cc2C2CC(O)C3C(C#CC(CCO)(CC(CC4(c5ccccc5)CCCC4)c4ccccc4)CC(O)CCC3O)C=C12. The number of H-pyrrole nitrogens is 1. The van der Waals surface area contributed by atoms with E-state index in [0.29, 0.717) is 81.7 Å². The lowest BCUT2D eigenvalue weighted by Crippen LogP contribution is -2.42. The predicted octanol–water partition coefficient (Wildman–Crippen LogP) is 9.72. The number of aliphatic hydroxyl groups excluding tert-OH is 6. The molecule has 1 saturated heterocycles. The topological polar surface area (TPSA) is 205 Å². The van der Waals surface area contributed by atoms with Crippen molar-refractivity contribution in [2.75, 3.05) is 31.3 Å². The molecular formula is C65H83N3O8S2. The van der Waals surface area contributed by atoms with Crippen molar-refractivity contribution in [1.29, 1.82) is 0 Å². The summed E-state index contributed by atoms with van der Waals surface area (Å²) in [7, 11) is 3.24. The minimum Gasteiger partial charge on any atom is -0.504 e. The fourth-order valence-corrected chi connectivity index (χ4v) is 17.3. The van der Waals surface area contributed by atoms with Gasteiger partial charge in [-0.2, -0.15) is 0 Å². The molecule has 0 radical (unpaired) electrons. The molecule has 4 aromatic rings. The number of aromatic hydroxyl groups is 1. The van der Waals surface area contributed by atoms with Gasteiger partial charge in [-0.05, 0) is 159 Å². The number of nitrogens with two attached hydrogens (primary N) is 1. The molecule has 6 aliphatic rings. The summed E-state index contributed by atoms with van der Waals surface area (Å²) in [5.41, 5.74) is 14.7. The van der Waals surface area contributed by atoms with Crippen LogP contribution >= 0.6 is 21.6 Å². The summed E-state index contributed by atoms with van der Waals surface area (Å²) in [5.74, 6) is 7.59. The van der Waals surface area contributed by atoms with E-state index in [4.69, 9.17) is 10.5 Å². The average molecular weight is 1100 g/mol. The van der Waals surface area contributed by atoms with E-state index in [1.54, 1.807) is 27.7 Å². The van der Waals surface area contributed by atoms with Crippen LogP contribution < -0.4 is 15.8 Å². The molecule has 0 bridgehead atoms. The molecule has 4 aliphatic carbocycles. The molecule has 0 amide bonds. The van der Waals surface area contributed by atoms with E-state index in [1.165, 1.54) is 24.0 Å². The van der Waals surface area contributed by atoms with E-state index in [0.717, 1.165) is 59.2 Å². The molecule has 1 saturated carbocycles. The molecule has 2 fully saturated rings. The van der Waals surface area contributed by atoms with Gasteiger partial charge in [0.25, 0.3) is 0 Å². The summed E-state index contributed by atoms with van der Waals surface area (Å²) in [5, 5.41) is 86.2. The number of nitrogens with one attached hydrogen (secondary N) is 2. The van der Waals surface area contributed by atoms with Crippen LogP contribution in [0.1, 0.15) is 130 Å². The fourth-order valence-electron chi connectivity index (χ4n) is 14.8. The average Bonchev–Trinajstić information content (AvgIpc) is 4.27. The van der Waals surface area contributed by atoms with E-state index in [-0.39, 0.29) is 53.8 Å². The van der Waals surface area contributed by atoms with Crippen LogP contribution in [0.3, 0.4) is 0 Å². The summed E-state index contributed by atoms with van der Waals surface area (Å²) in [6.45, 7) is 2.42. The number of fused-ring (bicyclic) bond motifs is 5. The molecule has 3 heterocycles. The molecule has 13 atom stereocenters. The number of benzene rings is 3. The third-order valence-electron chi connectivity index (χ3n) is 18.9. The van der Waals surface area contributed by atoms with Crippen molar-refractivity contribution in [1.82, 2.24) is 10.3 Å². The van der Waals surface area contributed by atoms with Gasteiger partial charge in [-0.15, -0.1) is 0 Å². The number of aromatic amines is 1. The maximum Gasteiger partial charge on any atom is 0.161 e. The number of hydrogen-bond donors (Lipinski definition) is 10. The number of aliphatic hydroxyl groups is 6. The molecule has 13 heteroatoms. The van der Waals surface area contributed by atoms with Crippen LogP contribution in [0.25, 0.3) is 0 Å². The van der Waals surface area contributed by atoms with Crippen molar-refractivity contribution in [2.45, 2.75) is 151 Å². The zero-order valence-electron chi connectivity index (χ0n) is 45.3. The maximum absolute atomic E-state index is 12.7. The van der Waals surface area contributed by atoms with Gasteiger partial charge in [-0.1, -0.05) is 132 Å². The molecule has 10 rings (SSSR count). The van der Waals surface area contributed by atoms with Crippen molar-refractivity contribution < 1.29 is 40.5 Å². The van der Waals surface area contributed by atoms with Crippen LogP contribution in [-0.2, 0) is 18.3 Å². The second-order valence-corrected chi connectivity index (χ2v) is 26.3. The van der Waals surface area contributed by atoms with E-state index in [2.05, 4.69) is 108 Å².